The highest BCUT2D eigenvalue weighted by atomic mass is 35.5. The summed E-state index contributed by atoms with van der Waals surface area (Å²) in [5.74, 6) is 5.75. The highest BCUT2D eigenvalue weighted by molar-refractivity contribution is 7.07. The molecule has 0 aliphatic heterocycles. The first-order chi connectivity index (χ1) is 8.18. The zero-order chi connectivity index (χ0) is 12.3. The minimum Gasteiger partial charge on any atom is -0.337 e. The van der Waals surface area contributed by atoms with Crippen LogP contribution in [0, 0.1) is 6.92 Å². The van der Waals surface area contributed by atoms with Crippen LogP contribution >= 0.6 is 22.9 Å². The molecule has 6 heteroatoms. The van der Waals surface area contributed by atoms with Crippen molar-refractivity contribution in [3.05, 3.63) is 50.7 Å². The van der Waals surface area contributed by atoms with Gasteiger partial charge in [0.1, 0.15) is 0 Å². The van der Waals surface area contributed by atoms with Crippen molar-refractivity contribution in [3.8, 4) is 0 Å². The van der Waals surface area contributed by atoms with Gasteiger partial charge in [0.15, 0.2) is 0 Å². The molecule has 0 aliphatic rings. The van der Waals surface area contributed by atoms with E-state index >= 15 is 0 Å². The number of nitrogen functional groups attached to an aromatic ring is 1. The summed E-state index contributed by atoms with van der Waals surface area (Å²) in [6.07, 6.45) is 1.61. The third-order valence-electron chi connectivity index (χ3n) is 2.17. The number of thiazole rings is 1. The van der Waals surface area contributed by atoms with Gasteiger partial charge in [-0.2, -0.15) is 5.10 Å². The lowest BCUT2D eigenvalue weighted by Gasteiger charge is -1.94. The third-order valence-corrected chi connectivity index (χ3v) is 3.46. The van der Waals surface area contributed by atoms with Crippen LogP contribution in [0.25, 0.3) is 0 Å². The molecule has 2 N–H and O–H groups in total. The fraction of sp³-hybridized carbons (Fsp3) is 0.0909. The monoisotopic (exact) mass is 266 g/mol. The van der Waals surface area contributed by atoms with Crippen molar-refractivity contribution in [3.63, 3.8) is 0 Å². The van der Waals surface area contributed by atoms with Gasteiger partial charge in [-0.05, 0) is 13.0 Å². The van der Waals surface area contributed by atoms with Crippen LogP contribution in [0.4, 0.5) is 0 Å². The molecule has 2 aromatic rings. The van der Waals surface area contributed by atoms with E-state index in [-0.39, 0.29) is 0 Å². The van der Waals surface area contributed by atoms with E-state index in [4.69, 9.17) is 17.4 Å². The number of benzene rings is 1. The van der Waals surface area contributed by atoms with Gasteiger partial charge in [0.25, 0.3) is 0 Å². The largest absolute Gasteiger partial charge is 0.337 e. The van der Waals surface area contributed by atoms with Crippen molar-refractivity contribution in [2.24, 2.45) is 10.2 Å². The molecule has 0 saturated carbocycles. The molecule has 4 nitrogen and oxygen atoms in total. The van der Waals surface area contributed by atoms with E-state index in [2.05, 4.69) is 10.2 Å². The Hall–Kier alpha value is -1.59. The first-order valence-electron chi connectivity index (χ1n) is 4.92. The summed E-state index contributed by atoms with van der Waals surface area (Å²) in [6.45, 7) is 1.91. The molecule has 0 amide bonds. The smallest absolute Gasteiger partial charge is 0.229 e. The maximum absolute atomic E-state index is 5.98. The number of halogens is 1. The van der Waals surface area contributed by atoms with Gasteiger partial charge in [0.05, 0.1) is 6.21 Å². The highest BCUT2D eigenvalue weighted by Gasteiger charge is 1.95. The van der Waals surface area contributed by atoms with Gasteiger partial charge >= 0.3 is 0 Å². The van der Waals surface area contributed by atoms with Crippen molar-refractivity contribution in [1.29, 1.82) is 0 Å². The number of aromatic nitrogens is 1. The maximum atomic E-state index is 5.98. The second kappa shape index (κ2) is 5.16. The number of hydrogen-bond acceptors (Lipinski definition) is 4. The van der Waals surface area contributed by atoms with Crippen LogP contribution in [-0.2, 0) is 0 Å². The fourth-order valence-corrected chi connectivity index (χ4v) is 2.12. The second-order valence-electron chi connectivity index (χ2n) is 3.40. The SMILES string of the molecule is Cc1cs/c(=N\N=C\c2ccccc2Cl)n1N. The Labute approximate surface area is 108 Å². The van der Waals surface area contributed by atoms with E-state index < -0.39 is 0 Å². The Morgan fingerprint density at radius 1 is 1.41 bits per heavy atom. The van der Waals surface area contributed by atoms with Crippen molar-refractivity contribution in [2.45, 2.75) is 6.92 Å². The first-order valence-corrected chi connectivity index (χ1v) is 6.18. The van der Waals surface area contributed by atoms with Gasteiger partial charge in [-0.3, -0.25) is 0 Å². The Bertz CT molecular complexity index is 612. The van der Waals surface area contributed by atoms with Gasteiger partial charge < -0.3 is 5.84 Å². The van der Waals surface area contributed by atoms with Crippen molar-refractivity contribution >= 4 is 29.2 Å². The van der Waals surface area contributed by atoms with Gasteiger partial charge in [0, 0.05) is 21.7 Å². The topological polar surface area (TPSA) is 55.7 Å². The molecule has 0 radical (unpaired) electrons. The normalized spacial score (nSPS) is 12.5. The molecule has 0 bridgehead atoms. The molecule has 0 unspecified atom stereocenters. The quantitative estimate of drug-likeness (QED) is 0.505. The molecule has 0 fully saturated rings. The predicted octanol–water partition coefficient (Wildman–Crippen LogP) is 2.16. The molecule has 0 spiro atoms. The molecule has 0 saturated heterocycles. The molecule has 2 rings (SSSR count). The van der Waals surface area contributed by atoms with Crippen molar-refractivity contribution in [2.75, 3.05) is 5.84 Å². The fourth-order valence-electron chi connectivity index (χ4n) is 1.19. The third kappa shape index (κ3) is 2.75. The summed E-state index contributed by atoms with van der Waals surface area (Å²) in [5, 5.41) is 10.6. The number of rotatable bonds is 2. The Balaban J connectivity index is 2.26. The number of hydrogen-bond donors (Lipinski definition) is 1. The molecule has 0 atom stereocenters. The number of nitrogens with two attached hydrogens (primary N) is 1. The van der Waals surface area contributed by atoms with Crippen molar-refractivity contribution in [1.82, 2.24) is 4.68 Å². The molecule has 0 aliphatic carbocycles. The maximum Gasteiger partial charge on any atom is 0.229 e. The van der Waals surface area contributed by atoms with Crippen LogP contribution in [-0.4, -0.2) is 10.9 Å². The predicted molar refractivity (Wildman–Crippen MR) is 71.8 cm³/mol. The van der Waals surface area contributed by atoms with Crippen molar-refractivity contribution < 1.29 is 0 Å². The zero-order valence-electron chi connectivity index (χ0n) is 9.17. The summed E-state index contributed by atoms with van der Waals surface area (Å²) >= 11 is 7.42. The van der Waals surface area contributed by atoms with Crippen LogP contribution in [0.15, 0.2) is 39.8 Å². The molecule has 1 aromatic carbocycles. The minimum atomic E-state index is 0.644. The number of aryl methyl sites for hydroxylation is 1. The lowest BCUT2D eigenvalue weighted by atomic mass is 10.2. The molecule has 88 valence electrons. The Morgan fingerprint density at radius 2 is 2.18 bits per heavy atom. The first kappa shape index (κ1) is 11.9. The zero-order valence-corrected chi connectivity index (χ0v) is 10.7. The minimum absolute atomic E-state index is 0.644. The summed E-state index contributed by atoms with van der Waals surface area (Å²) in [5.41, 5.74) is 1.77. The average molecular weight is 267 g/mol. The lowest BCUT2D eigenvalue weighted by molar-refractivity contribution is 0.884. The van der Waals surface area contributed by atoms with Crippen LogP contribution in [0.3, 0.4) is 0 Å². The molecular weight excluding hydrogens is 256 g/mol. The summed E-state index contributed by atoms with van der Waals surface area (Å²) in [6, 6.07) is 7.44. The van der Waals surface area contributed by atoms with Crippen LogP contribution in [0.2, 0.25) is 5.02 Å². The van der Waals surface area contributed by atoms with E-state index in [1.807, 2.05) is 30.5 Å². The van der Waals surface area contributed by atoms with E-state index in [1.165, 1.54) is 16.0 Å². The van der Waals surface area contributed by atoms with Gasteiger partial charge in [-0.1, -0.05) is 29.8 Å². The second-order valence-corrected chi connectivity index (χ2v) is 4.64. The number of nitrogens with zero attached hydrogens (tertiary/aromatic N) is 3. The Kier molecular flexibility index (Phi) is 3.61. The highest BCUT2D eigenvalue weighted by Crippen LogP contribution is 2.12. The van der Waals surface area contributed by atoms with Gasteiger partial charge in [-0.15, -0.1) is 16.4 Å². The summed E-state index contributed by atoms with van der Waals surface area (Å²) in [4.78, 5) is 0.644. The van der Waals surface area contributed by atoms with E-state index in [1.54, 1.807) is 12.3 Å². The van der Waals surface area contributed by atoms with Gasteiger partial charge in [-0.25, -0.2) is 4.68 Å². The Morgan fingerprint density at radius 3 is 2.82 bits per heavy atom. The van der Waals surface area contributed by atoms with Gasteiger partial charge in [0.2, 0.25) is 4.80 Å². The van der Waals surface area contributed by atoms with E-state index in [9.17, 15) is 0 Å². The lowest BCUT2D eigenvalue weighted by Crippen LogP contribution is -2.23. The standard InChI is InChI=1S/C11H11ClN4S/c1-8-7-17-11(16(8)13)15-14-6-9-4-2-3-5-10(9)12/h2-7H,13H2,1H3/b14-6+,15-11-. The van der Waals surface area contributed by atoms with Crippen LogP contribution in [0.5, 0.6) is 0 Å². The summed E-state index contributed by atoms with van der Waals surface area (Å²) < 4.78 is 1.49. The molecular formula is C11H11ClN4S. The van der Waals surface area contributed by atoms with E-state index in [0.717, 1.165) is 11.3 Å². The molecule has 17 heavy (non-hydrogen) atoms. The average Bonchev–Trinajstić information content (AvgIpc) is 2.63. The van der Waals surface area contributed by atoms with E-state index in [0.29, 0.717) is 9.82 Å². The summed E-state index contributed by atoms with van der Waals surface area (Å²) in [7, 11) is 0. The van der Waals surface area contributed by atoms with Crippen LogP contribution in [0.1, 0.15) is 11.3 Å². The van der Waals surface area contributed by atoms with Crippen LogP contribution < -0.4 is 10.6 Å². The molecule has 1 aromatic heterocycles. The molecule has 1 heterocycles.